The Labute approximate surface area is 256 Å². The zero-order chi connectivity index (χ0) is 30.2. The summed E-state index contributed by atoms with van der Waals surface area (Å²) >= 11 is 3.62. The van der Waals surface area contributed by atoms with Crippen LogP contribution in [0.2, 0.25) is 0 Å². The van der Waals surface area contributed by atoms with Gasteiger partial charge in [0.15, 0.2) is 11.0 Å². The number of rotatable bonds is 12. The summed E-state index contributed by atoms with van der Waals surface area (Å²) in [6.45, 7) is 7.31. The van der Waals surface area contributed by atoms with Crippen LogP contribution in [0.5, 0.6) is 0 Å². The fraction of sp³-hybridized carbons (Fsp3) is 0.500. The number of carbonyl (C=O) groups is 4. The van der Waals surface area contributed by atoms with E-state index in [1.165, 1.54) is 29.5 Å². The average Bonchev–Trinajstić information content (AvgIpc) is 3.72. The summed E-state index contributed by atoms with van der Waals surface area (Å²) in [5.74, 6) is -1.08. The summed E-state index contributed by atoms with van der Waals surface area (Å²) < 4.78 is 12.4. The third-order valence-corrected chi connectivity index (χ3v) is 9.92. The Balaban J connectivity index is 1.53. The minimum absolute atomic E-state index is 0.143. The number of nitrogens with zero attached hydrogens (tertiary/aromatic N) is 3. The largest absolute Gasteiger partial charge is 0.462 e. The highest BCUT2D eigenvalue weighted by Gasteiger charge is 2.30. The van der Waals surface area contributed by atoms with Gasteiger partial charge in [-0.05, 0) is 57.5 Å². The smallest absolute Gasteiger partial charge is 0.348 e. The van der Waals surface area contributed by atoms with Crippen molar-refractivity contribution in [2.75, 3.05) is 18.5 Å². The number of nitrogens with one attached hydrogen (secondary N) is 2. The molecule has 3 aromatic heterocycles. The highest BCUT2D eigenvalue weighted by atomic mass is 32.2. The van der Waals surface area contributed by atoms with E-state index in [0.717, 1.165) is 37.0 Å². The molecular formula is C28H35N5O6S3. The topological polar surface area (TPSA) is 142 Å². The summed E-state index contributed by atoms with van der Waals surface area (Å²) in [5.41, 5.74) is 0.545. The summed E-state index contributed by atoms with van der Waals surface area (Å²) in [6.07, 6.45) is 5.27. The second-order valence-corrected chi connectivity index (χ2v) is 12.9. The Kier molecular flexibility index (Phi) is 11.2. The molecule has 1 fully saturated rings. The lowest BCUT2D eigenvalue weighted by Gasteiger charge is -2.26. The van der Waals surface area contributed by atoms with Crippen LogP contribution in [-0.2, 0) is 20.8 Å². The lowest BCUT2D eigenvalue weighted by molar-refractivity contribution is -0.115. The van der Waals surface area contributed by atoms with Crippen LogP contribution in [-0.4, -0.2) is 57.0 Å². The molecule has 4 rings (SSSR count). The van der Waals surface area contributed by atoms with E-state index in [-0.39, 0.29) is 53.1 Å². The molecule has 14 heteroatoms. The molecule has 0 bridgehead atoms. The molecule has 2 N–H and O–H groups in total. The Bertz CT molecular complexity index is 1410. The monoisotopic (exact) mass is 633 g/mol. The molecule has 1 saturated carbocycles. The molecule has 0 saturated heterocycles. The minimum Gasteiger partial charge on any atom is -0.462 e. The van der Waals surface area contributed by atoms with E-state index in [4.69, 9.17) is 9.47 Å². The molecule has 226 valence electrons. The number of carbonyl (C=O) groups excluding carboxylic acids is 4. The number of anilines is 1. The number of thiophene rings is 2. The molecule has 2 amide bonds. The molecule has 0 spiro atoms. The maximum atomic E-state index is 13.4. The van der Waals surface area contributed by atoms with E-state index in [2.05, 4.69) is 25.4 Å². The SMILES string of the molecule is CCOC(=O)c1sc(NC(=O)C(C)Sc2nnc(CNC(=O)c3cccs3)n2C2CCCCC2)c(C(=O)OCC)c1C. The van der Waals surface area contributed by atoms with Gasteiger partial charge in [-0.25, -0.2) is 9.59 Å². The molecule has 1 unspecified atom stereocenters. The van der Waals surface area contributed by atoms with Crippen LogP contribution < -0.4 is 10.6 Å². The van der Waals surface area contributed by atoms with Crippen molar-refractivity contribution in [1.82, 2.24) is 20.1 Å². The van der Waals surface area contributed by atoms with Gasteiger partial charge < -0.3 is 24.7 Å². The Morgan fingerprint density at radius 3 is 2.48 bits per heavy atom. The predicted octanol–water partition coefficient (Wildman–Crippen LogP) is 5.62. The van der Waals surface area contributed by atoms with Crippen molar-refractivity contribution in [2.24, 2.45) is 0 Å². The van der Waals surface area contributed by atoms with E-state index in [1.54, 1.807) is 33.8 Å². The lowest BCUT2D eigenvalue weighted by Crippen LogP contribution is -2.26. The normalized spacial score (nSPS) is 14.3. The van der Waals surface area contributed by atoms with Crippen molar-refractivity contribution in [3.05, 3.63) is 44.2 Å². The summed E-state index contributed by atoms with van der Waals surface area (Å²) in [7, 11) is 0. The quantitative estimate of drug-likeness (QED) is 0.192. The lowest BCUT2D eigenvalue weighted by atomic mass is 9.95. The summed E-state index contributed by atoms with van der Waals surface area (Å²) in [5, 5.41) is 16.6. The number of aromatic nitrogens is 3. The third kappa shape index (κ3) is 7.39. The van der Waals surface area contributed by atoms with Crippen molar-refractivity contribution in [2.45, 2.75) is 82.8 Å². The van der Waals surface area contributed by atoms with Crippen LogP contribution in [0.15, 0.2) is 22.7 Å². The molecule has 1 aliphatic carbocycles. The van der Waals surface area contributed by atoms with Crippen LogP contribution in [0.4, 0.5) is 5.00 Å². The molecule has 11 nitrogen and oxygen atoms in total. The maximum absolute atomic E-state index is 13.4. The van der Waals surface area contributed by atoms with Gasteiger partial charge in [0.2, 0.25) is 5.91 Å². The molecule has 1 atom stereocenters. The van der Waals surface area contributed by atoms with Crippen molar-refractivity contribution >= 4 is 63.2 Å². The second kappa shape index (κ2) is 14.8. The first kappa shape index (κ1) is 31.7. The molecule has 3 aromatic rings. The van der Waals surface area contributed by atoms with Crippen molar-refractivity contribution in [1.29, 1.82) is 0 Å². The third-order valence-electron chi connectivity index (χ3n) is 6.80. The molecule has 42 heavy (non-hydrogen) atoms. The zero-order valence-corrected chi connectivity index (χ0v) is 26.5. The predicted molar refractivity (Wildman–Crippen MR) is 163 cm³/mol. The highest BCUT2D eigenvalue weighted by molar-refractivity contribution is 8.00. The number of amides is 2. The number of ether oxygens (including phenoxy) is 2. The molecule has 1 aliphatic rings. The Morgan fingerprint density at radius 2 is 1.81 bits per heavy atom. The number of thioether (sulfide) groups is 1. The Morgan fingerprint density at radius 1 is 1.10 bits per heavy atom. The summed E-state index contributed by atoms with van der Waals surface area (Å²) in [6, 6.07) is 3.77. The first-order chi connectivity index (χ1) is 20.2. The van der Waals surface area contributed by atoms with E-state index in [0.29, 0.717) is 21.4 Å². The number of esters is 2. The fourth-order valence-corrected chi connectivity index (χ4v) is 7.41. The number of hydrogen-bond donors (Lipinski definition) is 2. The van der Waals surface area contributed by atoms with Gasteiger partial charge in [-0.15, -0.1) is 32.9 Å². The van der Waals surface area contributed by atoms with Crippen LogP contribution in [0.3, 0.4) is 0 Å². The molecule has 0 radical (unpaired) electrons. The second-order valence-electron chi connectivity index (χ2n) is 9.67. The van der Waals surface area contributed by atoms with Crippen LogP contribution in [0.1, 0.15) is 100 Å². The van der Waals surface area contributed by atoms with E-state index in [1.807, 2.05) is 11.4 Å². The van der Waals surface area contributed by atoms with Crippen LogP contribution >= 0.6 is 34.4 Å². The van der Waals surface area contributed by atoms with E-state index >= 15 is 0 Å². The van der Waals surface area contributed by atoms with Gasteiger partial charge in [-0.2, -0.15) is 0 Å². The minimum atomic E-state index is -0.622. The van der Waals surface area contributed by atoms with Crippen molar-refractivity contribution < 1.29 is 28.7 Å². The van der Waals surface area contributed by atoms with E-state index in [9.17, 15) is 19.2 Å². The number of hydrogen-bond acceptors (Lipinski definition) is 11. The molecule has 3 heterocycles. The van der Waals surface area contributed by atoms with Gasteiger partial charge in [-0.3, -0.25) is 9.59 Å². The van der Waals surface area contributed by atoms with Crippen LogP contribution in [0, 0.1) is 6.92 Å². The van der Waals surface area contributed by atoms with Gasteiger partial charge >= 0.3 is 11.9 Å². The van der Waals surface area contributed by atoms with Crippen LogP contribution in [0.25, 0.3) is 0 Å². The molecule has 0 aromatic carbocycles. The molecule has 0 aliphatic heterocycles. The summed E-state index contributed by atoms with van der Waals surface area (Å²) in [4.78, 5) is 52.1. The van der Waals surface area contributed by atoms with Crippen molar-refractivity contribution in [3.63, 3.8) is 0 Å². The fourth-order valence-electron chi connectivity index (χ4n) is 4.74. The van der Waals surface area contributed by atoms with Crippen molar-refractivity contribution in [3.8, 4) is 0 Å². The standard InChI is InChI=1S/C28H35N5O6S3/c1-5-38-26(36)21-16(3)22(27(37)39-6-2)42-25(21)30-23(34)17(4)41-28-32-31-20(33(28)18-11-8-7-9-12-18)15-29-24(35)19-13-10-14-40-19/h10,13-14,17-18H,5-9,11-12,15H2,1-4H3,(H,29,35)(H,30,34). The van der Waals surface area contributed by atoms with Gasteiger partial charge in [0, 0.05) is 6.04 Å². The molecular weight excluding hydrogens is 599 g/mol. The first-order valence-corrected chi connectivity index (χ1v) is 16.5. The van der Waals surface area contributed by atoms with E-state index < -0.39 is 17.2 Å². The maximum Gasteiger partial charge on any atom is 0.348 e. The highest BCUT2D eigenvalue weighted by Crippen LogP contribution is 2.37. The Hall–Kier alpha value is -3.23. The van der Waals surface area contributed by atoms with Gasteiger partial charge in [-0.1, -0.05) is 37.1 Å². The average molecular weight is 634 g/mol. The first-order valence-electron chi connectivity index (χ1n) is 14.0. The zero-order valence-electron chi connectivity index (χ0n) is 24.1. The van der Waals surface area contributed by atoms with Gasteiger partial charge in [0.25, 0.3) is 5.91 Å². The van der Waals surface area contributed by atoms with Gasteiger partial charge in [0.05, 0.1) is 35.4 Å². The van der Waals surface area contributed by atoms with Gasteiger partial charge in [0.1, 0.15) is 9.88 Å².